The van der Waals surface area contributed by atoms with E-state index in [9.17, 15) is 35.9 Å². The maximum atomic E-state index is 14.4. The summed E-state index contributed by atoms with van der Waals surface area (Å²) in [6.07, 6.45) is -8.00. The Morgan fingerprint density at radius 3 is 2.27 bits per heavy atom. The van der Waals surface area contributed by atoms with Crippen LogP contribution < -0.4 is 10.6 Å². The molecule has 0 saturated carbocycles. The molecular formula is C23H19Cl2F6N3O2S. The lowest BCUT2D eigenvalue weighted by Crippen LogP contribution is -2.43. The number of rotatable bonds is 6. The van der Waals surface area contributed by atoms with Crippen molar-refractivity contribution >= 4 is 52.1 Å². The molecule has 0 spiro atoms. The molecule has 0 saturated heterocycles. The number of carbonyl (C=O) groups excluding carboxylic acids is 2. The summed E-state index contributed by atoms with van der Waals surface area (Å²) >= 11 is 12.9. The van der Waals surface area contributed by atoms with Crippen LogP contribution in [0.1, 0.15) is 44.1 Å². The lowest BCUT2D eigenvalue weighted by Gasteiger charge is -2.31. The van der Waals surface area contributed by atoms with Gasteiger partial charge in [-0.05, 0) is 54.2 Å². The minimum atomic E-state index is -4.67. The molecule has 1 aliphatic heterocycles. The van der Waals surface area contributed by atoms with E-state index in [1.165, 1.54) is 18.2 Å². The SMILES string of the molecule is O=C(CNC(=O)c1sc(C2=NCC(c3cc(Cl)cc(Cl)c3)(C(F)(F)F)C2)c2c1CCC2)NCC(F)(F)F. The van der Waals surface area contributed by atoms with E-state index in [0.717, 1.165) is 16.9 Å². The van der Waals surface area contributed by atoms with Gasteiger partial charge in [0, 0.05) is 16.5 Å². The van der Waals surface area contributed by atoms with Gasteiger partial charge in [-0.3, -0.25) is 14.6 Å². The van der Waals surface area contributed by atoms with Crippen LogP contribution >= 0.6 is 34.5 Å². The van der Waals surface area contributed by atoms with E-state index >= 15 is 0 Å². The molecule has 4 rings (SSSR count). The number of nitrogens with zero attached hydrogens (tertiary/aromatic N) is 1. The van der Waals surface area contributed by atoms with Crippen LogP contribution in [0, 0.1) is 0 Å². The van der Waals surface area contributed by atoms with Gasteiger partial charge in [-0.15, -0.1) is 11.3 Å². The number of thiophene rings is 1. The van der Waals surface area contributed by atoms with Crippen molar-refractivity contribution in [1.29, 1.82) is 0 Å². The lowest BCUT2D eigenvalue weighted by molar-refractivity contribution is -0.183. The fourth-order valence-corrected chi connectivity index (χ4v) is 6.39. The molecule has 37 heavy (non-hydrogen) atoms. The highest BCUT2D eigenvalue weighted by Gasteiger charge is 2.59. The zero-order valence-corrected chi connectivity index (χ0v) is 21.2. The first-order chi connectivity index (χ1) is 17.2. The largest absolute Gasteiger partial charge is 0.405 e. The van der Waals surface area contributed by atoms with Crippen LogP contribution in [0.15, 0.2) is 23.2 Å². The van der Waals surface area contributed by atoms with E-state index < -0.39 is 55.6 Å². The summed E-state index contributed by atoms with van der Waals surface area (Å²) in [6, 6.07) is 3.79. The molecule has 2 aliphatic rings. The van der Waals surface area contributed by atoms with Gasteiger partial charge in [0.1, 0.15) is 12.0 Å². The summed E-state index contributed by atoms with van der Waals surface area (Å²) in [6.45, 7) is -2.78. The van der Waals surface area contributed by atoms with Crippen LogP contribution in [0.5, 0.6) is 0 Å². The van der Waals surface area contributed by atoms with Crippen molar-refractivity contribution in [1.82, 2.24) is 10.6 Å². The van der Waals surface area contributed by atoms with E-state index in [0.29, 0.717) is 29.7 Å². The molecule has 1 atom stereocenters. The number of alkyl halides is 6. The van der Waals surface area contributed by atoms with E-state index in [1.54, 1.807) is 5.32 Å². The van der Waals surface area contributed by atoms with Crippen LogP contribution in [0.3, 0.4) is 0 Å². The zero-order valence-electron chi connectivity index (χ0n) is 18.9. The minimum absolute atomic E-state index is 0.0646. The predicted octanol–water partition coefficient (Wildman–Crippen LogP) is 5.65. The summed E-state index contributed by atoms with van der Waals surface area (Å²) in [5.74, 6) is -1.70. The number of carbonyl (C=O) groups is 2. The number of nitrogens with one attached hydrogen (secondary N) is 2. The van der Waals surface area contributed by atoms with Crippen LogP contribution in [-0.4, -0.2) is 49.5 Å². The Hall–Kier alpha value is -2.31. The van der Waals surface area contributed by atoms with Gasteiger partial charge in [0.2, 0.25) is 5.91 Å². The smallest absolute Gasteiger partial charge is 0.345 e. The van der Waals surface area contributed by atoms with Crippen LogP contribution in [0.4, 0.5) is 26.3 Å². The maximum absolute atomic E-state index is 14.4. The van der Waals surface area contributed by atoms with E-state index in [4.69, 9.17) is 23.2 Å². The summed E-state index contributed by atoms with van der Waals surface area (Å²) in [5.41, 5.74) is -0.847. The number of benzene rings is 1. The Morgan fingerprint density at radius 2 is 1.65 bits per heavy atom. The molecule has 2 heterocycles. The van der Waals surface area contributed by atoms with Crippen molar-refractivity contribution in [2.24, 2.45) is 4.99 Å². The number of halogens is 8. The minimum Gasteiger partial charge on any atom is -0.345 e. The number of fused-ring (bicyclic) bond motifs is 1. The van der Waals surface area contributed by atoms with E-state index in [-0.39, 0.29) is 26.2 Å². The number of amides is 2. The molecule has 1 aliphatic carbocycles. The van der Waals surface area contributed by atoms with E-state index in [2.05, 4.69) is 10.3 Å². The van der Waals surface area contributed by atoms with Crippen molar-refractivity contribution in [3.63, 3.8) is 0 Å². The van der Waals surface area contributed by atoms with Gasteiger partial charge in [0.05, 0.1) is 28.6 Å². The fraction of sp³-hybridized carbons (Fsp3) is 0.435. The molecule has 14 heteroatoms. The fourth-order valence-electron chi connectivity index (χ4n) is 4.55. The zero-order chi connectivity index (χ0) is 27.2. The van der Waals surface area contributed by atoms with Crippen molar-refractivity contribution in [2.75, 3.05) is 19.6 Å². The maximum Gasteiger partial charge on any atom is 0.405 e. The van der Waals surface area contributed by atoms with Gasteiger partial charge in [-0.25, -0.2) is 0 Å². The highest BCUT2D eigenvalue weighted by Crippen LogP contribution is 2.50. The molecule has 1 unspecified atom stereocenters. The average Bonchev–Trinajstić information content (AvgIpc) is 3.49. The molecule has 2 N–H and O–H groups in total. The molecule has 200 valence electrons. The summed E-state index contributed by atoms with van der Waals surface area (Å²) < 4.78 is 80.1. The second kappa shape index (κ2) is 10.1. The topological polar surface area (TPSA) is 70.6 Å². The summed E-state index contributed by atoms with van der Waals surface area (Å²) in [5, 5.41) is 4.08. The van der Waals surface area contributed by atoms with Crippen molar-refractivity contribution < 1.29 is 35.9 Å². The second-order valence-corrected chi connectivity index (χ2v) is 10.7. The van der Waals surface area contributed by atoms with Gasteiger partial charge in [0.25, 0.3) is 5.91 Å². The first kappa shape index (κ1) is 27.7. The van der Waals surface area contributed by atoms with E-state index in [1.807, 2.05) is 0 Å². The third kappa shape index (κ3) is 5.75. The highest BCUT2D eigenvalue weighted by molar-refractivity contribution is 7.16. The predicted molar refractivity (Wildman–Crippen MR) is 128 cm³/mol. The molecule has 0 bridgehead atoms. The van der Waals surface area contributed by atoms with Gasteiger partial charge < -0.3 is 10.6 Å². The number of aliphatic imine (C=N–C) groups is 1. The van der Waals surface area contributed by atoms with Crippen LogP contribution in [-0.2, 0) is 23.1 Å². The quantitative estimate of drug-likeness (QED) is 0.430. The van der Waals surface area contributed by atoms with Gasteiger partial charge in [0.15, 0.2) is 0 Å². The third-order valence-electron chi connectivity index (χ3n) is 6.30. The molecule has 0 radical (unpaired) electrons. The van der Waals surface area contributed by atoms with Crippen molar-refractivity contribution in [2.45, 2.75) is 43.5 Å². The Bertz CT molecular complexity index is 1250. The summed E-state index contributed by atoms with van der Waals surface area (Å²) in [4.78, 5) is 29.4. The number of hydrogen-bond donors (Lipinski definition) is 2. The molecule has 1 aromatic heterocycles. The Labute approximate surface area is 221 Å². The molecular weight excluding hydrogens is 567 g/mol. The third-order valence-corrected chi connectivity index (χ3v) is 8.06. The molecule has 5 nitrogen and oxygen atoms in total. The number of hydrogen-bond acceptors (Lipinski definition) is 4. The first-order valence-corrected chi connectivity index (χ1v) is 12.6. The summed E-state index contributed by atoms with van der Waals surface area (Å²) in [7, 11) is 0. The van der Waals surface area contributed by atoms with Crippen molar-refractivity contribution in [3.8, 4) is 0 Å². The molecule has 1 aromatic carbocycles. The Kier molecular flexibility index (Phi) is 7.57. The first-order valence-electron chi connectivity index (χ1n) is 11.0. The van der Waals surface area contributed by atoms with Crippen molar-refractivity contribution in [3.05, 3.63) is 54.7 Å². The highest BCUT2D eigenvalue weighted by atomic mass is 35.5. The Morgan fingerprint density at radius 1 is 1.00 bits per heavy atom. The van der Waals surface area contributed by atoms with Crippen LogP contribution in [0.2, 0.25) is 10.0 Å². The molecule has 2 amide bonds. The monoisotopic (exact) mass is 585 g/mol. The average molecular weight is 586 g/mol. The normalized spacial score (nSPS) is 19.5. The van der Waals surface area contributed by atoms with Gasteiger partial charge >= 0.3 is 12.4 Å². The molecule has 0 fully saturated rings. The lowest BCUT2D eigenvalue weighted by atomic mass is 9.77. The Balaban J connectivity index is 1.57. The second-order valence-electron chi connectivity index (χ2n) is 8.82. The van der Waals surface area contributed by atoms with Gasteiger partial charge in [-0.1, -0.05) is 23.2 Å². The standard InChI is InChI=1S/C23H19Cl2F6N3O2S/c24-12-4-11(5-13(25)6-12)21(23(29,30)31)7-16(33-9-21)18-14-2-1-3-15(14)19(37-18)20(36)32-8-17(35)34-10-22(26,27)28/h4-6H,1-3,7-10H2,(H,32,36)(H,34,35). The van der Waals surface area contributed by atoms with Gasteiger partial charge in [-0.2, -0.15) is 26.3 Å². The molecule has 2 aromatic rings. The van der Waals surface area contributed by atoms with Crippen LogP contribution in [0.25, 0.3) is 0 Å².